The number of anilines is 2. The first-order valence-corrected chi connectivity index (χ1v) is 6.40. The zero-order chi connectivity index (χ0) is 15.2. The Kier molecular flexibility index (Phi) is 4.63. The minimum absolute atomic E-state index is 0.0191. The highest BCUT2D eigenvalue weighted by Crippen LogP contribution is 2.27. The van der Waals surface area contributed by atoms with Crippen molar-refractivity contribution in [2.75, 3.05) is 30.4 Å². The maximum atomic E-state index is 12.0. The lowest BCUT2D eigenvalue weighted by molar-refractivity contribution is -0.117. The molecule has 1 aliphatic rings. The van der Waals surface area contributed by atoms with E-state index in [4.69, 9.17) is 5.53 Å². The molecule has 110 valence electrons. The normalized spacial score (nSPS) is 17.3. The molecule has 0 radical (unpaired) electrons. The largest absolute Gasteiger partial charge is 0.453 e. The number of rotatable bonds is 4. The molecule has 2 amide bonds. The second kappa shape index (κ2) is 6.62. The number of carbonyl (C=O) groups is 2. The number of azide groups is 1. The Hall–Kier alpha value is -2.73. The summed E-state index contributed by atoms with van der Waals surface area (Å²) in [6.45, 7) is 0.804. The molecule has 0 aromatic heterocycles. The Morgan fingerprint density at radius 1 is 1.62 bits per heavy atom. The molecule has 1 fully saturated rings. The molecule has 21 heavy (non-hydrogen) atoms. The number of carbonyl (C=O) groups excluding carboxylic acids is 2. The Morgan fingerprint density at radius 2 is 2.43 bits per heavy atom. The number of ether oxygens (including phenoxy) is 1. The first-order chi connectivity index (χ1) is 10.1. The topological polar surface area (TPSA) is 107 Å². The van der Waals surface area contributed by atoms with Crippen LogP contribution in [0.1, 0.15) is 6.42 Å². The van der Waals surface area contributed by atoms with Crippen molar-refractivity contribution in [3.63, 3.8) is 0 Å². The summed E-state index contributed by atoms with van der Waals surface area (Å²) < 4.78 is 4.52. The van der Waals surface area contributed by atoms with Crippen molar-refractivity contribution < 1.29 is 14.3 Å². The van der Waals surface area contributed by atoms with Gasteiger partial charge in [-0.2, -0.15) is 0 Å². The van der Waals surface area contributed by atoms with E-state index in [0.29, 0.717) is 30.9 Å². The molecule has 1 N–H and O–H groups in total. The zero-order valence-electron chi connectivity index (χ0n) is 11.5. The molecule has 1 unspecified atom stereocenters. The van der Waals surface area contributed by atoms with Crippen LogP contribution in [0, 0.1) is 5.92 Å². The fourth-order valence-electron chi connectivity index (χ4n) is 2.23. The van der Waals surface area contributed by atoms with Gasteiger partial charge in [-0.15, -0.1) is 0 Å². The van der Waals surface area contributed by atoms with E-state index < -0.39 is 6.09 Å². The molecule has 1 aromatic carbocycles. The van der Waals surface area contributed by atoms with E-state index in [1.165, 1.54) is 7.11 Å². The molecule has 2 rings (SSSR count). The van der Waals surface area contributed by atoms with Gasteiger partial charge in [0.25, 0.3) is 0 Å². The van der Waals surface area contributed by atoms with Gasteiger partial charge in [-0.05, 0) is 29.6 Å². The fraction of sp³-hybridized carbons (Fsp3) is 0.385. The highest BCUT2D eigenvalue weighted by molar-refractivity contribution is 5.96. The summed E-state index contributed by atoms with van der Waals surface area (Å²) in [5.41, 5.74) is 9.57. The zero-order valence-corrected chi connectivity index (χ0v) is 11.5. The number of hydrogen-bond acceptors (Lipinski definition) is 4. The van der Waals surface area contributed by atoms with Crippen LogP contribution >= 0.6 is 0 Å². The van der Waals surface area contributed by atoms with Crippen LogP contribution in [0.4, 0.5) is 16.2 Å². The predicted molar refractivity (Wildman–Crippen MR) is 76.9 cm³/mol. The molecule has 1 aromatic rings. The molecule has 1 saturated heterocycles. The summed E-state index contributed by atoms with van der Waals surface area (Å²) >= 11 is 0. The summed E-state index contributed by atoms with van der Waals surface area (Å²) in [5, 5.41) is 6.06. The maximum Gasteiger partial charge on any atom is 0.411 e. The standard InChI is InChI=1S/C13H15N5O3/c1-21-13(20)16-10-3-2-4-11(6-10)18-8-9(5-12(18)19)7-15-17-14/h2-4,6,9H,5,7-8H2,1H3,(H,16,20). The van der Waals surface area contributed by atoms with Crippen molar-refractivity contribution in [1.29, 1.82) is 0 Å². The molecule has 0 bridgehead atoms. The summed E-state index contributed by atoms with van der Waals surface area (Å²) in [6.07, 6.45) is -0.214. The van der Waals surface area contributed by atoms with Gasteiger partial charge in [0, 0.05) is 35.8 Å². The van der Waals surface area contributed by atoms with Gasteiger partial charge in [-0.1, -0.05) is 11.2 Å². The number of amides is 2. The molecule has 1 aliphatic heterocycles. The predicted octanol–water partition coefficient (Wildman–Crippen LogP) is 2.53. The molecule has 0 saturated carbocycles. The van der Waals surface area contributed by atoms with E-state index in [1.807, 2.05) is 0 Å². The van der Waals surface area contributed by atoms with Crippen LogP contribution in [0.5, 0.6) is 0 Å². The highest BCUT2D eigenvalue weighted by atomic mass is 16.5. The molecule has 0 spiro atoms. The van der Waals surface area contributed by atoms with Crippen molar-refractivity contribution in [2.24, 2.45) is 11.0 Å². The fourth-order valence-corrected chi connectivity index (χ4v) is 2.23. The molecule has 0 aliphatic carbocycles. The summed E-state index contributed by atoms with van der Waals surface area (Å²) in [5.74, 6) is -0.00557. The number of methoxy groups -OCH3 is 1. The summed E-state index contributed by atoms with van der Waals surface area (Å²) in [4.78, 5) is 27.5. The van der Waals surface area contributed by atoms with E-state index in [0.717, 1.165) is 0 Å². The van der Waals surface area contributed by atoms with Gasteiger partial charge in [-0.3, -0.25) is 10.1 Å². The molecule has 8 heteroatoms. The van der Waals surface area contributed by atoms with Crippen molar-refractivity contribution in [3.05, 3.63) is 34.7 Å². The second-order valence-electron chi connectivity index (χ2n) is 4.65. The average Bonchev–Trinajstić information content (AvgIpc) is 2.86. The van der Waals surface area contributed by atoms with Crippen LogP contribution in [0.2, 0.25) is 0 Å². The van der Waals surface area contributed by atoms with Gasteiger partial charge < -0.3 is 9.64 Å². The van der Waals surface area contributed by atoms with Crippen LogP contribution in [0.25, 0.3) is 10.4 Å². The van der Waals surface area contributed by atoms with Gasteiger partial charge in [0.2, 0.25) is 5.91 Å². The second-order valence-corrected chi connectivity index (χ2v) is 4.65. The van der Waals surface area contributed by atoms with Gasteiger partial charge >= 0.3 is 6.09 Å². The van der Waals surface area contributed by atoms with Gasteiger partial charge in [0.1, 0.15) is 0 Å². The SMILES string of the molecule is COC(=O)Nc1cccc(N2CC(CN=[N+]=[N-])CC2=O)c1. The lowest BCUT2D eigenvalue weighted by Crippen LogP contribution is -2.25. The lowest BCUT2D eigenvalue weighted by Gasteiger charge is -2.17. The first-order valence-electron chi connectivity index (χ1n) is 6.40. The van der Waals surface area contributed by atoms with Crippen LogP contribution in [-0.4, -0.2) is 32.2 Å². The monoisotopic (exact) mass is 289 g/mol. The number of nitrogens with zero attached hydrogens (tertiary/aromatic N) is 4. The van der Waals surface area contributed by atoms with Crippen LogP contribution < -0.4 is 10.2 Å². The van der Waals surface area contributed by atoms with Crippen LogP contribution in [0.3, 0.4) is 0 Å². The van der Waals surface area contributed by atoms with Crippen molar-refractivity contribution in [1.82, 2.24) is 0 Å². The van der Waals surface area contributed by atoms with Gasteiger partial charge in [0.15, 0.2) is 0 Å². The molecular formula is C13H15N5O3. The lowest BCUT2D eigenvalue weighted by atomic mass is 10.1. The maximum absolute atomic E-state index is 12.0. The van der Waals surface area contributed by atoms with Crippen molar-refractivity contribution in [2.45, 2.75) is 6.42 Å². The van der Waals surface area contributed by atoms with Crippen LogP contribution in [0.15, 0.2) is 29.4 Å². The van der Waals surface area contributed by atoms with E-state index in [-0.39, 0.29) is 11.8 Å². The number of benzene rings is 1. The van der Waals surface area contributed by atoms with Crippen molar-refractivity contribution >= 4 is 23.4 Å². The third-order valence-electron chi connectivity index (χ3n) is 3.20. The molecule has 1 atom stereocenters. The Morgan fingerprint density at radius 3 is 3.14 bits per heavy atom. The van der Waals surface area contributed by atoms with Crippen molar-refractivity contribution in [3.8, 4) is 0 Å². The van der Waals surface area contributed by atoms with E-state index in [9.17, 15) is 9.59 Å². The number of nitrogens with one attached hydrogen (secondary N) is 1. The third-order valence-corrected chi connectivity index (χ3v) is 3.20. The average molecular weight is 289 g/mol. The molecule has 8 nitrogen and oxygen atoms in total. The minimum atomic E-state index is -0.568. The summed E-state index contributed by atoms with van der Waals surface area (Å²) in [7, 11) is 1.28. The Bertz CT molecular complexity index is 597. The van der Waals surface area contributed by atoms with Gasteiger partial charge in [0.05, 0.1) is 7.11 Å². The van der Waals surface area contributed by atoms with Crippen LogP contribution in [-0.2, 0) is 9.53 Å². The smallest absolute Gasteiger partial charge is 0.411 e. The van der Waals surface area contributed by atoms with E-state index in [1.54, 1.807) is 29.2 Å². The molecular weight excluding hydrogens is 274 g/mol. The first kappa shape index (κ1) is 14.7. The highest BCUT2D eigenvalue weighted by Gasteiger charge is 2.30. The Labute approximate surface area is 121 Å². The van der Waals surface area contributed by atoms with Gasteiger partial charge in [-0.25, -0.2) is 4.79 Å². The Balaban J connectivity index is 2.11. The molecule has 1 heterocycles. The summed E-state index contributed by atoms with van der Waals surface area (Å²) in [6, 6.07) is 6.94. The number of hydrogen-bond donors (Lipinski definition) is 1. The van der Waals surface area contributed by atoms with E-state index >= 15 is 0 Å². The van der Waals surface area contributed by atoms with E-state index in [2.05, 4.69) is 20.1 Å². The quantitative estimate of drug-likeness (QED) is 0.522. The minimum Gasteiger partial charge on any atom is -0.453 e. The third kappa shape index (κ3) is 3.64.